The van der Waals surface area contributed by atoms with Gasteiger partial charge in [-0.2, -0.15) is 5.10 Å². The Labute approximate surface area is 150 Å². The fourth-order valence-electron chi connectivity index (χ4n) is 1.91. The van der Waals surface area contributed by atoms with E-state index >= 15 is 0 Å². The second-order valence-electron chi connectivity index (χ2n) is 4.77. The molecule has 0 heterocycles. The maximum absolute atomic E-state index is 11.9. The van der Waals surface area contributed by atoms with Gasteiger partial charge in [0.05, 0.1) is 18.3 Å². The monoisotopic (exact) mass is 358 g/mol. The first-order chi connectivity index (χ1) is 12.0. The van der Waals surface area contributed by atoms with Gasteiger partial charge in [-0.25, -0.2) is 5.43 Å². The summed E-state index contributed by atoms with van der Waals surface area (Å²) in [5, 5.41) is 13.4. The van der Waals surface area contributed by atoms with Crippen LogP contribution in [0.25, 0.3) is 0 Å². The van der Waals surface area contributed by atoms with E-state index < -0.39 is 5.91 Å². The molecule has 0 saturated carbocycles. The van der Waals surface area contributed by atoms with E-state index in [0.717, 1.165) is 0 Å². The van der Waals surface area contributed by atoms with E-state index in [-0.39, 0.29) is 12.4 Å². The Morgan fingerprint density at radius 2 is 2.12 bits per heavy atom. The van der Waals surface area contributed by atoms with Crippen molar-refractivity contribution >= 4 is 23.7 Å². The van der Waals surface area contributed by atoms with Crippen LogP contribution in [0.5, 0.6) is 17.2 Å². The van der Waals surface area contributed by atoms with E-state index in [2.05, 4.69) is 16.4 Å². The van der Waals surface area contributed by atoms with Crippen LogP contribution in [0.4, 0.5) is 0 Å². The number of hydrogen-bond acceptors (Lipinski definition) is 5. The highest BCUT2D eigenvalue weighted by Crippen LogP contribution is 2.35. The summed E-state index contributed by atoms with van der Waals surface area (Å²) < 4.78 is 10.6. The van der Waals surface area contributed by atoms with Gasteiger partial charge in [0.25, 0.3) is 5.91 Å². The van der Waals surface area contributed by atoms with Gasteiger partial charge in [0, 0.05) is 5.56 Å². The minimum Gasteiger partial charge on any atom is -0.508 e. The van der Waals surface area contributed by atoms with Gasteiger partial charge >= 0.3 is 0 Å². The minimum absolute atomic E-state index is 0.0617. The lowest BCUT2D eigenvalue weighted by Crippen LogP contribution is -2.17. The van der Waals surface area contributed by atoms with Crippen LogP contribution >= 0.6 is 11.6 Å². The Kier molecular flexibility index (Phi) is 6.26. The zero-order valence-corrected chi connectivity index (χ0v) is 14.1. The number of benzene rings is 2. The van der Waals surface area contributed by atoms with Gasteiger partial charge in [-0.3, -0.25) is 4.79 Å². The summed E-state index contributed by atoms with van der Waals surface area (Å²) in [7, 11) is 1.47. The first kappa shape index (κ1) is 18.2. The van der Waals surface area contributed by atoms with Gasteiger partial charge in [-0.15, -0.1) is 6.42 Å². The van der Waals surface area contributed by atoms with Crippen LogP contribution in [0, 0.1) is 12.3 Å². The van der Waals surface area contributed by atoms with E-state index in [1.165, 1.54) is 37.6 Å². The SMILES string of the molecule is C#CCOc1c(Cl)cc(/C=N\NC(=O)c2ccc(O)cc2)cc1OC. The van der Waals surface area contributed by atoms with E-state index in [4.69, 9.17) is 27.5 Å². The number of carbonyl (C=O) groups is 1. The number of terminal acetylenes is 1. The molecule has 7 heteroatoms. The third-order valence-electron chi connectivity index (χ3n) is 3.06. The second-order valence-corrected chi connectivity index (χ2v) is 5.18. The molecule has 2 aromatic carbocycles. The third-order valence-corrected chi connectivity index (χ3v) is 3.34. The molecule has 128 valence electrons. The summed E-state index contributed by atoms with van der Waals surface area (Å²) in [5.74, 6) is 2.75. The van der Waals surface area contributed by atoms with Crippen molar-refractivity contribution in [3.63, 3.8) is 0 Å². The highest BCUT2D eigenvalue weighted by atomic mass is 35.5. The van der Waals surface area contributed by atoms with Crippen LogP contribution in [0.3, 0.4) is 0 Å². The number of hydrazone groups is 1. The van der Waals surface area contributed by atoms with Crippen molar-refractivity contribution in [3.05, 3.63) is 52.5 Å². The van der Waals surface area contributed by atoms with E-state index in [1.807, 2.05) is 0 Å². The van der Waals surface area contributed by atoms with E-state index in [0.29, 0.717) is 27.6 Å². The topological polar surface area (TPSA) is 80.2 Å². The van der Waals surface area contributed by atoms with Crippen molar-refractivity contribution in [1.29, 1.82) is 0 Å². The van der Waals surface area contributed by atoms with Crippen molar-refractivity contribution in [1.82, 2.24) is 5.43 Å². The van der Waals surface area contributed by atoms with Crippen molar-refractivity contribution in [3.8, 4) is 29.6 Å². The molecule has 0 spiro atoms. The van der Waals surface area contributed by atoms with Gasteiger partial charge in [-0.1, -0.05) is 17.5 Å². The third kappa shape index (κ3) is 4.90. The number of hydrogen-bond donors (Lipinski definition) is 2. The lowest BCUT2D eigenvalue weighted by atomic mass is 10.2. The summed E-state index contributed by atoms with van der Waals surface area (Å²) in [6.07, 6.45) is 6.58. The molecule has 0 radical (unpaired) electrons. The van der Waals surface area contributed by atoms with E-state index in [1.54, 1.807) is 12.1 Å². The summed E-state index contributed by atoms with van der Waals surface area (Å²) in [5.41, 5.74) is 3.34. The first-order valence-corrected chi connectivity index (χ1v) is 7.49. The average molecular weight is 359 g/mol. The first-order valence-electron chi connectivity index (χ1n) is 7.11. The largest absolute Gasteiger partial charge is 0.508 e. The predicted octanol–water partition coefficient (Wildman–Crippen LogP) is 2.83. The molecule has 2 N–H and O–H groups in total. The number of amides is 1. The molecule has 6 nitrogen and oxygen atoms in total. The second kappa shape index (κ2) is 8.62. The van der Waals surface area contributed by atoms with Gasteiger partial charge < -0.3 is 14.6 Å². The van der Waals surface area contributed by atoms with Gasteiger partial charge in [0.15, 0.2) is 11.5 Å². The Morgan fingerprint density at radius 3 is 2.76 bits per heavy atom. The molecule has 0 aliphatic carbocycles. The molecule has 0 fully saturated rings. The minimum atomic E-state index is -0.414. The van der Waals surface area contributed by atoms with Crippen LogP contribution in [0.1, 0.15) is 15.9 Å². The summed E-state index contributed by atoms with van der Waals surface area (Å²) in [6.45, 7) is 0.0617. The number of aromatic hydroxyl groups is 1. The maximum Gasteiger partial charge on any atom is 0.271 e. The molecule has 25 heavy (non-hydrogen) atoms. The fourth-order valence-corrected chi connectivity index (χ4v) is 2.18. The summed E-state index contributed by atoms with van der Waals surface area (Å²) >= 11 is 6.15. The smallest absolute Gasteiger partial charge is 0.271 e. The quantitative estimate of drug-likeness (QED) is 0.472. The lowest BCUT2D eigenvalue weighted by molar-refractivity contribution is 0.0955. The summed E-state index contributed by atoms with van der Waals surface area (Å²) in [4.78, 5) is 11.9. The normalized spacial score (nSPS) is 10.3. The predicted molar refractivity (Wildman–Crippen MR) is 95.5 cm³/mol. The van der Waals surface area contributed by atoms with Crippen molar-refractivity contribution < 1.29 is 19.4 Å². The van der Waals surface area contributed by atoms with Crippen LogP contribution in [-0.4, -0.2) is 30.9 Å². The van der Waals surface area contributed by atoms with Crippen molar-refractivity contribution in [2.75, 3.05) is 13.7 Å². The Bertz CT molecular complexity index is 826. The lowest BCUT2D eigenvalue weighted by Gasteiger charge is -2.11. The average Bonchev–Trinajstić information content (AvgIpc) is 2.61. The zero-order valence-electron chi connectivity index (χ0n) is 13.3. The number of halogens is 1. The van der Waals surface area contributed by atoms with Crippen LogP contribution in [0.2, 0.25) is 5.02 Å². The molecule has 0 atom stereocenters. The van der Waals surface area contributed by atoms with Crippen LogP contribution in [0.15, 0.2) is 41.5 Å². The molecule has 0 bridgehead atoms. The number of carbonyl (C=O) groups excluding carboxylic acids is 1. The number of ether oxygens (including phenoxy) is 2. The molecule has 0 unspecified atom stereocenters. The molecule has 0 aliphatic heterocycles. The number of rotatable bonds is 6. The number of phenolic OH excluding ortho intramolecular Hbond substituents is 1. The molecule has 0 saturated heterocycles. The highest BCUT2D eigenvalue weighted by Gasteiger charge is 2.11. The standard InChI is InChI=1S/C18H15ClN2O4/c1-3-8-25-17-15(19)9-12(10-16(17)24-2)11-20-21-18(23)13-4-6-14(22)7-5-13/h1,4-7,9-11,22H,8H2,2H3,(H,21,23)/b20-11-. The van der Waals surface area contributed by atoms with Gasteiger partial charge in [0.2, 0.25) is 0 Å². The molecule has 0 aliphatic rings. The Hall–Kier alpha value is -3.17. The summed E-state index contributed by atoms with van der Waals surface area (Å²) in [6, 6.07) is 9.05. The molecule has 0 aromatic heterocycles. The Morgan fingerprint density at radius 1 is 1.40 bits per heavy atom. The van der Waals surface area contributed by atoms with Crippen molar-refractivity contribution in [2.45, 2.75) is 0 Å². The van der Waals surface area contributed by atoms with Crippen LogP contribution in [-0.2, 0) is 0 Å². The number of nitrogens with zero attached hydrogens (tertiary/aromatic N) is 1. The number of methoxy groups -OCH3 is 1. The van der Waals surface area contributed by atoms with Crippen molar-refractivity contribution in [2.24, 2.45) is 5.10 Å². The van der Waals surface area contributed by atoms with E-state index in [9.17, 15) is 9.90 Å². The highest BCUT2D eigenvalue weighted by molar-refractivity contribution is 6.32. The molecule has 2 aromatic rings. The number of nitrogens with one attached hydrogen (secondary N) is 1. The zero-order chi connectivity index (χ0) is 18.2. The number of phenols is 1. The molecular weight excluding hydrogens is 344 g/mol. The fraction of sp³-hybridized carbons (Fsp3) is 0.111. The molecular formula is C18H15ClN2O4. The maximum atomic E-state index is 11.9. The van der Waals surface area contributed by atoms with Crippen LogP contribution < -0.4 is 14.9 Å². The molecule has 1 amide bonds. The molecule has 2 rings (SSSR count). The Balaban J connectivity index is 2.10. The van der Waals surface area contributed by atoms with Gasteiger partial charge in [-0.05, 0) is 42.0 Å². The van der Waals surface area contributed by atoms with Gasteiger partial charge in [0.1, 0.15) is 12.4 Å².